The second kappa shape index (κ2) is 14.3. The number of thiazole rings is 1. The molecule has 0 aliphatic rings. The van der Waals surface area contributed by atoms with Gasteiger partial charge in [0.1, 0.15) is 6.61 Å². The summed E-state index contributed by atoms with van der Waals surface area (Å²) in [4.78, 5) is 17.4. The lowest BCUT2D eigenvalue weighted by molar-refractivity contribution is 0.0955. The van der Waals surface area contributed by atoms with E-state index in [-0.39, 0.29) is 5.91 Å². The van der Waals surface area contributed by atoms with Gasteiger partial charge >= 0.3 is 0 Å². The first-order chi connectivity index (χ1) is 20.9. The normalized spacial score (nSPS) is 11.0. The SMILES string of the molecule is CCOc1cc(/C=N\NC(=O)c2ccc(-c3csc(Nc4ccc(C)cc4)n3)cc2)cc(Cl)c1OCc1ccc(Br)cc1. The van der Waals surface area contributed by atoms with E-state index < -0.39 is 0 Å². The van der Waals surface area contributed by atoms with E-state index in [0.717, 1.165) is 32.1 Å². The van der Waals surface area contributed by atoms with E-state index in [1.807, 2.05) is 60.8 Å². The molecule has 0 saturated heterocycles. The van der Waals surface area contributed by atoms with Gasteiger partial charge in [0.05, 0.1) is 23.5 Å². The van der Waals surface area contributed by atoms with Crippen molar-refractivity contribution in [1.29, 1.82) is 0 Å². The van der Waals surface area contributed by atoms with Crippen LogP contribution in [0.4, 0.5) is 10.8 Å². The average Bonchev–Trinajstić information content (AvgIpc) is 3.47. The van der Waals surface area contributed by atoms with Crippen LogP contribution in [-0.2, 0) is 6.61 Å². The van der Waals surface area contributed by atoms with Crippen molar-refractivity contribution < 1.29 is 14.3 Å². The minimum absolute atomic E-state index is 0.337. The van der Waals surface area contributed by atoms with E-state index >= 15 is 0 Å². The van der Waals surface area contributed by atoms with Crippen LogP contribution in [-0.4, -0.2) is 23.7 Å². The molecular weight excluding hydrogens is 648 g/mol. The number of carbonyl (C=O) groups excluding carboxylic acids is 1. The number of nitrogens with zero attached hydrogens (tertiary/aromatic N) is 2. The summed E-state index contributed by atoms with van der Waals surface area (Å²) >= 11 is 11.5. The van der Waals surface area contributed by atoms with E-state index in [1.54, 1.807) is 24.3 Å². The number of halogens is 2. The molecule has 0 aliphatic carbocycles. The van der Waals surface area contributed by atoms with E-state index in [1.165, 1.54) is 23.1 Å². The predicted molar refractivity (Wildman–Crippen MR) is 178 cm³/mol. The third-order valence-corrected chi connectivity index (χ3v) is 7.82. The summed E-state index contributed by atoms with van der Waals surface area (Å²) in [7, 11) is 0. The van der Waals surface area contributed by atoms with Crippen molar-refractivity contribution in [3.05, 3.63) is 122 Å². The van der Waals surface area contributed by atoms with Crippen LogP contribution in [0.5, 0.6) is 11.5 Å². The lowest BCUT2D eigenvalue weighted by atomic mass is 10.1. The molecule has 4 aromatic carbocycles. The Hall–Kier alpha value is -4.18. The molecule has 0 fully saturated rings. The van der Waals surface area contributed by atoms with Crippen molar-refractivity contribution in [1.82, 2.24) is 10.4 Å². The average molecular weight is 676 g/mol. The first-order valence-electron chi connectivity index (χ1n) is 13.4. The number of amides is 1. The molecule has 5 aromatic rings. The molecule has 5 rings (SSSR count). The maximum atomic E-state index is 12.7. The Morgan fingerprint density at radius 3 is 2.49 bits per heavy atom. The lowest BCUT2D eigenvalue weighted by Crippen LogP contribution is -2.17. The minimum Gasteiger partial charge on any atom is -0.490 e. The molecule has 218 valence electrons. The number of nitrogens with one attached hydrogen (secondary N) is 2. The monoisotopic (exact) mass is 674 g/mol. The number of carbonyl (C=O) groups is 1. The second-order valence-corrected chi connectivity index (χ2v) is 11.7. The molecule has 10 heteroatoms. The van der Waals surface area contributed by atoms with Gasteiger partial charge in [-0.2, -0.15) is 5.10 Å². The summed E-state index contributed by atoms with van der Waals surface area (Å²) in [6, 6.07) is 26.7. The highest BCUT2D eigenvalue weighted by Crippen LogP contribution is 2.37. The van der Waals surface area contributed by atoms with Gasteiger partial charge in [-0.25, -0.2) is 10.4 Å². The highest BCUT2D eigenvalue weighted by Gasteiger charge is 2.13. The summed E-state index contributed by atoms with van der Waals surface area (Å²) in [5.41, 5.74) is 8.61. The first-order valence-corrected chi connectivity index (χ1v) is 15.5. The number of aromatic nitrogens is 1. The Morgan fingerprint density at radius 1 is 1.02 bits per heavy atom. The summed E-state index contributed by atoms with van der Waals surface area (Å²) in [6.45, 7) is 4.71. The molecule has 0 bridgehead atoms. The molecule has 0 spiro atoms. The fourth-order valence-corrected chi connectivity index (χ4v) is 5.33. The number of hydrazone groups is 1. The van der Waals surface area contributed by atoms with Gasteiger partial charge in [0.25, 0.3) is 5.91 Å². The number of anilines is 2. The Labute approximate surface area is 267 Å². The number of hydrogen-bond acceptors (Lipinski definition) is 7. The van der Waals surface area contributed by atoms with Gasteiger partial charge in [0, 0.05) is 26.7 Å². The summed E-state index contributed by atoms with van der Waals surface area (Å²) in [5, 5.41) is 10.6. The van der Waals surface area contributed by atoms with Crippen molar-refractivity contribution in [2.24, 2.45) is 5.10 Å². The Kier molecular flexibility index (Phi) is 10.1. The molecule has 2 N–H and O–H groups in total. The minimum atomic E-state index is -0.339. The smallest absolute Gasteiger partial charge is 0.271 e. The van der Waals surface area contributed by atoms with Crippen molar-refractivity contribution in [2.45, 2.75) is 20.5 Å². The summed E-state index contributed by atoms with van der Waals surface area (Å²) in [6.07, 6.45) is 1.51. The van der Waals surface area contributed by atoms with Crippen molar-refractivity contribution in [3.63, 3.8) is 0 Å². The number of aryl methyl sites for hydroxylation is 1. The largest absolute Gasteiger partial charge is 0.490 e. The van der Waals surface area contributed by atoms with Crippen molar-refractivity contribution >= 4 is 61.8 Å². The fourth-order valence-electron chi connectivity index (χ4n) is 4.05. The zero-order chi connectivity index (χ0) is 30.2. The summed E-state index contributed by atoms with van der Waals surface area (Å²) < 4.78 is 12.7. The molecule has 1 amide bonds. The van der Waals surface area contributed by atoms with Gasteiger partial charge in [-0.05, 0) is 73.5 Å². The van der Waals surface area contributed by atoms with Crippen LogP contribution in [0.15, 0.2) is 99.9 Å². The quantitative estimate of drug-likeness (QED) is 0.108. The summed E-state index contributed by atoms with van der Waals surface area (Å²) in [5.74, 6) is 0.606. The fraction of sp³-hybridized carbons (Fsp3) is 0.121. The van der Waals surface area contributed by atoms with Crippen LogP contribution >= 0.6 is 38.9 Å². The Bertz CT molecular complexity index is 1720. The van der Waals surface area contributed by atoms with Gasteiger partial charge in [0.15, 0.2) is 16.6 Å². The number of benzene rings is 4. The van der Waals surface area contributed by atoms with Crippen LogP contribution < -0.4 is 20.2 Å². The van der Waals surface area contributed by atoms with Crippen LogP contribution in [0.1, 0.15) is 34.0 Å². The van der Waals surface area contributed by atoms with Gasteiger partial charge in [0.2, 0.25) is 0 Å². The maximum absolute atomic E-state index is 12.7. The third kappa shape index (κ3) is 8.22. The third-order valence-electron chi connectivity index (χ3n) is 6.26. The van der Waals surface area contributed by atoms with Crippen LogP contribution in [0.2, 0.25) is 5.02 Å². The molecule has 7 nitrogen and oxygen atoms in total. The standard InChI is InChI=1S/C33H28BrClN4O3S/c1-3-41-30-17-23(16-28(35)31(30)42-19-22-6-12-26(34)13-7-22)18-36-39-32(40)25-10-8-24(9-11-25)29-20-43-33(38-29)37-27-14-4-21(2)5-15-27/h4-18,20H,3,19H2,1-2H3,(H,37,38)(H,39,40)/b36-18-. The highest BCUT2D eigenvalue weighted by atomic mass is 79.9. The molecule has 0 unspecified atom stereocenters. The second-order valence-electron chi connectivity index (χ2n) is 9.48. The maximum Gasteiger partial charge on any atom is 0.271 e. The number of rotatable bonds is 11. The molecular formula is C33H28BrClN4O3S. The van der Waals surface area contributed by atoms with Crippen LogP contribution in [0.25, 0.3) is 11.3 Å². The molecule has 0 atom stereocenters. The number of ether oxygens (including phenoxy) is 2. The van der Waals surface area contributed by atoms with E-state index in [0.29, 0.717) is 40.9 Å². The van der Waals surface area contributed by atoms with Crippen LogP contribution in [0.3, 0.4) is 0 Å². The van der Waals surface area contributed by atoms with E-state index in [2.05, 4.69) is 55.8 Å². The lowest BCUT2D eigenvalue weighted by Gasteiger charge is -2.14. The molecule has 0 saturated carbocycles. The van der Waals surface area contributed by atoms with Gasteiger partial charge < -0.3 is 14.8 Å². The van der Waals surface area contributed by atoms with E-state index in [9.17, 15) is 4.79 Å². The highest BCUT2D eigenvalue weighted by molar-refractivity contribution is 9.10. The van der Waals surface area contributed by atoms with Crippen LogP contribution in [0, 0.1) is 6.92 Å². The molecule has 0 aliphatic heterocycles. The van der Waals surface area contributed by atoms with Gasteiger partial charge in [-0.1, -0.05) is 69.5 Å². The zero-order valence-electron chi connectivity index (χ0n) is 23.4. The Balaban J connectivity index is 1.19. The van der Waals surface area contributed by atoms with E-state index in [4.69, 9.17) is 21.1 Å². The van der Waals surface area contributed by atoms with Gasteiger partial charge in [-0.3, -0.25) is 4.79 Å². The van der Waals surface area contributed by atoms with Gasteiger partial charge in [-0.15, -0.1) is 11.3 Å². The molecule has 1 heterocycles. The zero-order valence-corrected chi connectivity index (χ0v) is 26.6. The number of hydrogen-bond donors (Lipinski definition) is 2. The first kappa shape index (κ1) is 30.3. The van der Waals surface area contributed by atoms with Crippen molar-refractivity contribution in [3.8, 4) is 22.8 Å². The molecule has 0 radical (unpaired) electrons. The predicted octanol–water partition coefficient (Wildman–Crippen LogP) is 9.02. The molecule has 43 heavy (non-hydrogen) atoms. The topological polar surface area (TPSA) is 84.8 Å². The molecule has 1 aromatic heterocycles. The van der Waals surface area contributed by atoms with Crippen molar-refractivity contribution in [2.75, 3.05) is 11.9 Å². The Morgan fingerprint density at radius 2 is 1.77 bits per heavy atom.